The Morgan fingerprint density at radius 1 is 0.756 bits per heavy atom. The van der Waals surface area contributed by atoms with Gasteiger partial charge in [-0.25, -0.2) is 8.42 Å². The average molecular weight is 626 g/mol. The molecule has 0 aliphatic carbocycles. The number of carbonyl (C=O) groups excluding carboxylic acids is 2. The number of hydrogen-bond acceptors (Lipinski definition) is 4. The van der Waals surface area contributed by atoms with Crippen LogP contribution in [0, 0.1) is 20.8 Å². The number of anilines is 1. The number of carbonyl (C=O) groups is 2. The minimum atomic E-state index is -4.14. The molecule has 1 N–H and O–H groups in total. The van der Waals surface area contributed by atoms with Gasteiger partial charge in [0.15, 0.2) is 0 Å². The van der Waals surface area contributed by atoms with E-state index in [0.29, 0.717) is 5.69 Å². The lowest BCUT2D eigenvalue weighted by Gasteiger charge is -2.34. The van der Waals surface area contributed by atoms with Gasteiger partial charge in [-0.1, -0.05) is 91.3 Å². The van der Waals surface area contributed by atoms with E-state index in [1.54, 1.807) is 30.3 Å². The molecule has 4 aromatic carbocycles. The summed E-state index contributed by atoms with van der Waals surface area (Å²) in [7, 11) is -4.14. The molecule has 45 heavy (non-hydrogen) atoms. The monoisotopic (exact) mass is 625 g/mol. The van der Waals surface area contributed by atoms with E-state index in [2.05, 4.69) is 5.32 Å². The average Bonchev–Trinajstić information content (AvgIpc) is 3.02. The van der Waals surface area contributed by atoms with Crippen LogP contribution in [0.1, 0.15) is 48.1 Å². The molecular weight excluding hydrogens is 582 g/mol. The molecule has 0 saturated carbocycles. The third-order valence-corrected chi connectivity index (χ3v) is 9.64. The molecule has 0 heterocycles. The topological polar surface area (TPSA) is 86.8 Å². The maximum absolute atomic E-state index is 14.6. The number of sulfonamides is 1. The van der Waals surface area contributed by atoms with Gasteiger partial charge in [0.1, 0.15) is 12.6 Å². The van der Waals surface area contributed by atoms with E-state index < -0.39 is 28.5 Å². The summed E-state index contributed by atoms with van der Waals surface area (Å²) < 4.78 is 29.5. The van der Waals surface area contributed by atoms with Crippen molar-refractivity contribution in [3.63, 3.8) is 0 Å². The van der Waals surface area contributed by atoms with Crippen LogP contribution in [0.15, 0.2) is 108 Å². The van der Waals surface area contributed by atoms with Crippen LogP contribution in [-0.2, 0) is 32.6 Å². The molecule has 0 aromatic heterocycles. The van der Waals surface area contributed by atoms with Gasteiger partial charge in [0, 0.05) is 19.0 Å². The minimum absolute atomic E-state index is 0.0809. The fourth-order valence-electron chi connectivity index (χ4n) is 5.23. The third-order valence-electron chi connectivity index (χ3n) is 7.85. The molecule has 4 rings (SSSR count). The molecule has 0 fully saturated rings. The molecule has 0 aliphatic heterocycles. The van der Waals surface area contributed by atoms with Gasteiger partial charge in [-0.3, -0.25) is 13.9 Å². The van der Waals surface area contributed by atoms with Crippen LogP contribution >= 0.6 is 0 Å². The Morgan fingerprint density at radius 3 is 1.91 bits per heavy atom. The molecule has 0 aliphatic rings. The van der Waals surface area contributed by atoms with Crippen molar-refractivity contribution in [2.24, 2.45) is 0 Å². The second-order valence-corrected chi connectivity index (χ2v) is 13.6. The van der Waals surface area contributed by atoms with Crippen molar-refractivity contribution in [3.05, 3.63) is 131 Å². The van der Waals surface area contributed by atoms with Crippen molar-refractivity contribution in [2.45, 2.75) is 71.0 Å². The Hall–Kier alpha value is -4.43. The summed E-state index contributed by atoms with van der Waals surface area (Å²) in [6, 6.07) is 30.0. The van der Waals surface area contributed by atoms with Gasteiger partial charge in [-0.2, -0.15) is 0 Å². The normalized spacial score (nSPS) is 12.6. The maximum atomic E-state index is 14.6. The van der Waals surface area contributed by atoms with Gasteiger partial charge in [0.2, 0.25) is 11.8 Å². The van der Waals surface area contributed by atoms with Gasteiger partial charge >= 0.3 is 0 Å². The lowest BCUT2D eigenvalue weighted by Crippen LogP contribution is -2.54. The zero-order valence-electron chi connectivity index (χ0n) is 26.7. The highest BCUT2D eigenvalue weighted by molar-refractivity contribution is 7.92. The highest BCUT2D eigenvalue weighted by Gasteiger charge is 2.35. The van der Waals surface area contributed by atoms with E-state index in [1.807, 2.05) is 95.3 Å². The van der Waals surface area contributed by atoms with E-state index in [9.17, 15) is 18.0 Å². The lowest BCUT2D eigenvalue weighted by molar-refractivity contribution is -0.140. The third kappa shape index (κ3) is 8.82. The van der Waals surface area contributed by atoms with Gasteiger partial charge in [0.05, 0.1) is 10.6 Å². The lowest BCUT2D eigenvalue weighted by atomic mass is 10.0. The fourth-order valence-corrected chi connectivity index (χ4v) is 6.65. The van der Waals surface area contributed by atoms with E-state index in [0.717, 1.165) is 34.2 Å². The first-order chi connectivity index (χ1) is 21.5. The molecule has 4 aromatic rings. The van der Waals surface area contributed by atoms with E-state index >= 15 is 0 Å². The molecule has 0 bridgehead atoms. The van der Waals surface area contributed by atoms with E-state index in [4.69, 9.17) is 0 Å². The van der Waals surface area contributed by atoms with Crippen LogP contribution in [0.4, 0.5) is 5.69 Å². The Balaban J connectivity index is 1.82. The quantitative estimate of drug-likeness (QED) is 0.187. The van der Waals surface area contributed by atoms with Gasteiger partial charge < -0.3 is 10.2 Å². The summed E-state index contributed by atoms with van der Waals surface area (Å²) >= 11 is 0. The number of rotatable bonds is 13. The van der Waals surface area contributed by atoms with Gasteiger partial charge in [0.25, 0.3) is 10.0 Å². The molecule has 2 unspecified atom stereocenters. The Bertz CT molecular complexity index is 1670. The number of aryl methyl sites for hydroxylation is 3. The van der Waals surface area contributed by atoms with Crippen LogP contribution in [0.2, 0.25) is 0 Å². The number of nitrogens with one attached hydrogen (secondary N) is 1. The summed E-state index contributed by atoms with van der Waals surface area (Å²) in [5.41, 5.74) is 4.94. The minimum Gasteiger partial charge on any atom is -0.352 e. The van der Waals surface area contributed by atoms with E-state index in [-0.39, 0.29) is 29.8 Å². The zero-order valence-corrected chi connectivity index (χ0v) is 27.6. The summed E-state index contributed by atoms with van der Waals surface area (Å²) in [6.45, 7) is 9.35. The van der Waals surface area contributed by atoms with Gasteiger partial charge in [-0.15, -0.1) is 0 Å². The smallest absolute Gasteiger partial charge is 0.264 e. The van der Waals surface area contributed by atoms with E-state index in [1.165, 1.54) is 21.3 Å². The molecular formula is C37H43N3O4S. The predicted molar refractivity (Wildman–Crippen MR) is 180 cm³/mol. The number of amides is 2. The highest BCUT2D eigenvalue weighted by Crippen LogP contribution is 2.27. The Labute approximate surface area is 268 Å². The van der Waals surface area contributed by atoms with Crippen molar-refractivity contribution in [3.8, 4) is 0 Å². The first-order valence-electron chi connectivity index (χ1n) is 15.3. The molecule has 2 atom stereocenters. The second-order valence-electron chi connectivity index (χ2n) is 11.7. The number of hydrogen-bond donors (Lipinski definition) is 1. The van der Waals surface area contributed by atoms with Crippen molar-refractivity contribution in [1.29, 1.82) is 0 Å². The van der Waals surface area contributed by atoms with Crippen molar-refractivity contribution in [1.82, 2.24) is 10.2 Å². The van der Waals surface area contributed by atoms with Crippen LogP contribution < -0.4 is 9.62 Å². The van der Waals surface area contributed by atoms with Crippen LogP contribution in [0.25, 0.3) is 0 Å². The molecule has 7 nitrogen and oxygen atoms in total. The summed E-state index contributed by atoms with van der Waals surface area (Å²) in [4.78, 5) is 30.1. The molecule has 236 valence electrons. The van der Waals surface area contributed by atoms with Crippen LogP contribution in [0.3, 0.4) is 0 Å². The zero-order chi connectivity index (χ0) is 32.6. The molecule has 0 saturated heterocycles. The Morgan fingerprint density at radius 2 is 1.33 bits per heavy atom. The second kappa shape index (κ2) is 15.0. The number of benzene rings is 4. The standard InChI is InChI=1S/C37H43N3O4S/c1-6-30(5)38-37(42)35(24-31-13-9-7-10-14-31)39(25-32-19-17-27(2)18-20-32)36(41)26-40(33-22-28(3)21-29(4)23-33)45(43,44)34-15-11-8-12-16-34/h7-23,30,35H,6,24-26H2,1-5H3,(H,38,42). The highest BCUT2D eigenvalue weighted by atomic mass is 32.2. The van der Waals surface area contributed by atoms with Crippen molar-refractivity contribution in [2.75, 3.05) is 10.8 Å². The van der Waals surface area contributed by atoms with Crippen LogP contribution in [-0.4, -0.2) is 43.8 Å². The van der Waals surface area contributed by atoms with Gasteiger partial charge in [-0.05, 0) is 80.6 Å². The molecule has 0 radical (unpaired) electrons. The molecule has 2 amide bonds. The van der Waals surface area contributed by atoms with Crippen molar-refractivity contribution < 1.29 is 18.0 Å². The SMILES string of the molecule is CCC(C)NC(=O)C(Cc1ccccc1)N(Cc1ccc(C)cc1)C(=O)CN(c1cc(C)cc(C)c1)S(=O)(=O)c1ccccc1. The van der Waals surface area contributed by atoms with Crippen LogP contribution in [0.5, 0.6) is 0 Å². The summed E-state index contributed by atoms with van der Waals surface area (Å²) in [6.07, 6.45) is 1.00. The first kappa shape index (κ1) is 33.5. The summed E-state index contributed by atoms with van der Waals surface area (Å²) in [5, 5.41) is 3.07. The first-order valence-corrected chi connectivity index (χ1v) is 16.8. The van der Waals surface area contributed by atoms with Crippen molar-refractivity contribution >= 4 is 27.5 Å². The predicted octanol–water partition coefficient (Wildman–Crippen LogP) is 6.36. The summed E-state index contributed by atoms with van der Waals surface area (Å²) in [5.74, 6) is -0.757. The largest absolute Gasteiger partial charge is 0.352 e. The maximum Gasteiger partial charge on any atom is 0.264 e. The molecule has 0 spiro atoms. The fraction of sp³-hybridized carbons (Fsp3) is 0.297. The number of nitrogens with zero attached hydrogens (tertiary/aromatic N) is 2. The Kier molecular flexibility index (Phi) is 11.2. The molecule has 8 heteroatoms.